The first kappa shape index (κ1) is 18.5. The van der Waals surface area contributed by atoms with Crippen LogP contribution in [0.25, 0.3) is 10.9 Å². The van der Waals surface area contributed by atoms with Crippen molar-refractivity contribution in [2.24, 2.45) is 0 Å². The summed E-state index contributed by atoms with van der Waals surface area (Å²) in [5.74, 6) is 0.808. The Morgan fingerprint density at radius 2 is 2.12 bits per heavy atom. The molecule has 0 radical (unpaired) electrons. The van der Waals surface area contributed by atoms with Crippen molar-refractivity contribution >= 4 is 16.8 Å². The molecule has 2 aromatic rings. The highest BCUT2D eigenvalue weighted by Crippen LogP contribution is 2.29. The molecule has 1 saturated heterocycles. The van der Waals surface area contributed by atoms with Gasteiger partial charge < -0.3 is 19.5 Å². The van der Waals surface area contributed by atoms with Crippen molar-refractivity contribution in [1.82, 2.24) is 14.8 Å². The summed E-state index contributed by atoms with van der Waals surface area (Å²) in [5.41, 5.74) is 1.71. The van der Waals surface area contributed by atoms with Crippen molar-refractivity contribution in [3.05, 3.63) is 42.1 Å². The average Bonchev–Trinajstić information content (AvgIpc) is 3.28. The molecule has 0 atom stereocenters. The highest BCUT2D eigenvalue weighted by atomic mass is 16.5. The van der Waals surface area contributed by atoms with Gasteiger partial charge in [-0.3, -0.25) is 4.79 Å². The average molecular weight is 355 g/mol. The molecule has 1 aliphatic rings. The minimum atomic E-state index is -0.0210. The van der Waals surface area contributed by atoms with Gasteiger partial charge in [0.05, 0.1) is 12.1 Å². The molecule has 0 spiro atoms. The lowest BCUT2D eigenvalue weighted by Gasteiger charge is -2.15. The molecule has 26 heavy (non-hydrogen) atoms. The second-order valence-electron chi connectivity index (χ2n) is 6.64. The smallest absolute Gasteiger partial charge is 0.268 e. The minimum absolute atomic E-state index is 0.0210. The Bertz CT molecular complexity index is 773. The minimum Gasteiger partial charge on any atom is -0.493 e. The van der Waals surface area contributed by atoms with E-state index in [1.165, 1.54) is 12.8 Å². The fourth-order valence-corrected chi connectivity index (χ4v) is 3.56. The van der Waals surface area contributed by atoms with Crippen LogP contribution < -0.4 is 10.1 Å². The van der Waals surface area contributed by atoms with E-state index in [0.717, 1.165) is 36.3 Å². The number of hydrogen-bond donors (Lipinski definition) is 1. The number of fused-ring (bicyclic) bond motifs is 1. The Labute approximate surface area is 155 Å². The second kappa shape index (κ2) is 8.90. The first-order chi connectivity index (χ1) is 12.7. The van der Waals surface area contributed by atoms with E-state index < -0.39 is 0 Å². The van der Waals surface area contributed by atoms with E-state index in [4.69, 9.17) is 4.74 Å². The predicted molar refractivity (Wildman–Crippen MR) is 106 cm³/mol. The van der Waals surface area contributed by atoms with Crippen LogP contribution in [0.3, 0.4) is 0 Å². The molecule has 5 heteroatoms. The molecule has 0 saturated carbocycles. The third-order valence-corrected chi connectivity index (χ3v) is 4.87. The first-order valence-corrected chi connectivity index (χ1v) is 9.61. The number of ether oxygens (including phenoxy) is 1. The normalized spacial score (nSPS) is 15.2. The van der Waals surface area contributed by atoms with Gasteiger partial charge in [-0.25, -0.2) is 0 Å². The lowest BCUT2D eigenvalue weighted by Crippen LogP contribution is -2.34. The number of carbonyl (C=O) groups excluding carboxylic acids is 1. The standard InChI is InChI=1S/C21H29N3O2/c1-3-5-14-24-18-9-8-10-20(26-4-2)17(18)16-19(24)21(25)22-11-15-23-12-6-7-13-23/h3,5,8-10,16H,4,6-7,11-15H2,1-2H3,(H,22,25)/b5-3-. The molecule has 3 rings (SSSR count). The first-order valence-electron chi connectivity index (χ1n) is 9.61. The molecule has 1 aromatic carbocycles. The molecule has 0 unspecified atom stereocenters. The van der Waals surface area contributed by atoms with E-state index in [2.05, 4.69) is 20.9 Å². The molecule has 1 N–H and O–H groups in total. The van der Waals surface area contributed by atoms with Gasteiger partial charge in [0.15, 0.2) is 0 Å². The van der Waals surface area contributed by atoms with E-state index in [-0.39, 0.29) is 5.91 Å². The summed E-state index contributed by atoms with van der Waals surface area (Å²) in [6, 6.07) is 7.94. The fourth-order valence-electron chi connectivity index (χ4n) is 3.56. The monoisotopic (exact) mass is 355 g/mol. The zero-order valence-electron chi connectivity index (χ0n) is 15.8. The maximum absolute atomic E-state index is 12.8. The lowest BCUT2D eigenvalue weighted by molar-refractivity contribution is 0.0941. The number of benzene rings is 1. The number of likely N-dealkylation sites (tertiary alicyclic amines) is 1. The van der Waals surface area contributed by atoms with Gasteiger partial charge in [-0.05, 0) is 58.0 Å². The van der Waals surface area contributed by atoms with Gasteiger partial charge in [-0.15, -0.1) is 0 Å². The summed E-state index contributed by atoms with van der Waals surface area (Å²) < 4.78 is 7.81. The number of hydrogen-bond acceptors (Lipinski definition) is 3. The summed E-state index contributed by atoms with van der Waals surface area (Å²) in [5, 5.41) is 4.08. The van der Waals surface area contributed by atoms with Gasteiger partial charge in [0.2, 0.25) is 0 Å². The van der Waals surface area contributed by atoms with E-state index in [0.29, 0.717) is 25.4 Å². The van der Waals surface area contributed by atoms with Gasteiger partial charge >= 0.3 is 0 Å². The number of rotatable bonds is 8. The Morgan fingerprint density at radius 1 is 1.31 bits per heavy atom. The third kappa shape index (κ3) is 4.10. The summed E-state index contributed by atoms with van der Waals surface area (Å²) in [6.45, 7) is 9.15. The van der Waals surface area contributed by atoms with Crippen molar-refractivity contribution in [3.8, 4) is 5.75 Å². The van der Waals surface area contributed by atoms with E-state index in [1.54, 1.807) is 0 Å². The Morgan fingerprint density at radius 3 is 2.85 bits per heavy atom. The van der Waals surface area contributed by atoms with E-state index in [9.17, 15) is 4.79 Å². The van der Waals surface area contributed by atoms with E-state index in [1.807, 2.05) is 44.2 Å². The van der Waals surface area contributed by atoms with Crippen LogP contribution >= 0.6 is 0 Å². The molecule has 140 valence electrons. The summed E-state index contributed by atoms with van der Waals surface area (Å²) in [7, 11) is 0. The van der Waals surface area contributed by atoms with Crippen molar-refractivity contribution in [2.75, 3.05) is 32.8 Å². The van der Waals surface area contributed by atoms with Gasteiger partial charge in [0, 0.05) is 25.0 Å². The number of nitrogens with zero attached hydrogens (tertiary/aromatic N) is 2. The SMILES string of the molecule is C/C=C\Cn1c(C(=O)NCCN2CCCC2)cc2c(OCC)cccc21. The Balaban J connectivity index is 1.82. The molecule has 1 aromatic heterocycles. The van der Waals surface area contributed by atoms with Crippen molar-refractivity contribution in [1.29, 1.82) is 0 Å². The number of amides is 1. The Kier molecular flexibility index (Phi) is 6.34. The van der Waals surface area contributed by atoms with Crippen LogP contribution in [-0.4, -0.2) is 48.2 Å². The quantitative estimate of drug-likeness (QED) is 0.738. The van der Waals surface area contributed by atoms with Gasteiger partial charge in [-0.2, -0.15) is 0 Å². The molecule has 1 fully saturated rings. The highest BCUT2D eigenvalue weighted by molar-refractivity contribution is 6.00. The van der Waals surface area contributed by atoms with Crippen molar-refractivity contribution in [2.45, 2.75) is 33.2 Å². The predicted octanol–water partition coefficient (Wildman–Crippen LogP) is 3.44. The number of nitrogens with one attached hydrogen (secondary N) is 1. The molecule has 1 aliphatic heterocycles. The van der Waals surface area contributed by atoms with Crippen LogP contribution in [0, 0.1) is 0 Å². The summed E-state index contributed by atoms with van der Waals surface area (Å²) >= 11 is 0. The van der Waals surface area contributed by atoms with Crippen LogP contribution in [0.1, 0.15) is 37.2 Å². The van der Waals surface area contributed by atoms with Crippen molar-refractivity contribution in [3.63, 3.8) is 0 Å². The largest absolute Gasteiger partial charge is 0.493 e. The molecule has 0 aliphatic carbocycles. The van der Waals surface area contributed by atoms with Crippen LogP contribution in [0.2, 0.25) is 0 Å². The molecule has 1 amide bonds. The molecule has 2 heterocycles. The number of carbonyl (C=O) groups is 1. The number of aromatic nitrogens is 1. The second-order valence-corrected chi connectivity index (χ2v) is 6.64. The van der Waals surface area contributed by atoms with Crippen LogP contribution in [0.4, 0.5) is 0 Å². The molecule has 0 bridgehead atoms. The molecular weight excluding hydrogens is 326 g/mol. The zero-order chi connectivity index (χ0) is 18.4. The highest BCUT2D eigenvalue weighted by Gasteiger charge is 2.18. The topological polar surface area (TPSA) is 46.5 Å². The van der Waals surface area contributed by atoms with Gasteiger partial charge in [0.1, 0.15) is 11.4 Å². The van der Waals surface area contributed by atoms with Gasteiger partial charge in [0.25, 0.3) is 5.91 Å². The Hall–Kier alpha value is -2.27. The van der Waals surface area contributed by atoms with Crippen LogP contribution in [-0.2, 0) is 6.54 Å². The fraction of sp³-hybridized carbons (Fsp3) is 0.476. The summed E-state index contributed by atoms with van der Waals surface area (Å²) in [4.78, 5) is 15.2. The maximum Gasteiger partial charge on any atom is 0.268 e. The van der Waals surface area contributed by atoms with Gasteiger partial charge in [-0.1, -0.05) is 18.2 Å². The zero-order valence-corrected chi connectivity index (χ0v) is 15.8. The number of allylic oxidation sites excluding steroid dienone is 2. The molecule has 5 nitrogen and oxygen atoms in total. The van der Waals surface area contributed by atoms with E-state index >= 15 is 0 Å². The summed E-state index contributed by atoms with van der Waals surface area (Å²) in [6.07, 6.45) is 6.61. The van der Waals surface area contributed by atoms with Crippen LogP contribution in [0.15, 0.2) is 36.4 Å². The van der Waals surface area contributed by atoms with Crippen molar-refractivity contribution < 1.29 is 9.53 Å². The lowest BCUT2D eigenvalue weighted by atomic mass is 10.2. The van der Waals surface area contributed by atoms with Crippen LogP contribution in [0.5, 0.6) is 5.75 Å². The third-order valence-electron chi connectivity index (χ3n) is 4.87. The maximum atomic E-state index is 12.8. The molecular formula is C21H29N3O2.